The number of aryl methyl sites for hydroxylation is 1. The first-order valence-electron chi connectivity index (χ1n) is 6.75. The highest BCUT2D eigenvalue weighted by atomic mass is 32.2. The molecule has 108 valence electrons. The molecule has 0 amide bonds. The molecular weight excluding hydrogens is 262 g/mol. The van der Waals surface area contributed by atoms with E-state index in [9.17, 15) is 8.42 Å². The zero-order chi connectivity index (χ0) is 14.1. The van der Waals surface area contributed by atoms with Gasteiger partial charge in [0, 0.05) is 25.0 Å². The highest BCUT2D eigenvalue weighted by Gasteiger charge is 2.28. The van der Waals surface area contributed by atoms with Crippen LogP contribution in [-0.4, -0.2) is 34.5 Å². The van der Waals surface area contributed by atoms with Crippen LogP contribution in [0.15, 0.2) is 12.4 Å². The second-order valence-corrected chi connectivity index (χ2v) is 8.99. The number of nitrogens with zero attached hydrogens (tertiary/aromatic N) is 2. The van der Waals surface area contributed by atoms with Crippen molar-refractivity contribution in [2.45, 2.75) is 57.5 Å². The molecule has 19 heavy (non-hydrogen) atoms. The average Bonchev–Trinajstić information content (AvgIpc) is 3.01. The van der Waals surface area contributed by atoms with E-state index in [-0.39, 0.29) is 5.75 Å². The lowest BCUT2D eigenvalue weighted by Gasteiger charge is -2.19. The maximum absolute atomic E-state index is 12.1. The van der Waals surface area contributed by atoms with Crippen molar-refractivity contribution in [2.75, 3.05) is 5.75 Å². The number of rotatable bonds is 6. The van der Waals surface area contributed by atoms with Crippen LogP contribution in [0.2, 0.25) is 0 Å². The van der Waals surface area contributed by atoms with Crippen LogP contribution in [0.25, 0.3) is 0 Å². The highest BCUT2D eigenvalue weighted by molar-refractivity contribution is 7.92. The third-order valence-electron chi connectivity index (χ3n) is 3.46. The fourth-order valence-corrected chi connectivity index (χ4v) is 2.81. The normalized spacial score (nSPS) is 16.8. The molecule has 0 saturated heterocycles. The average molecular weight is 285 g/mol. The Kier molecular flexibility index (Phi) is 4.01. The zero-order valence-corrected chi connectivity index (χ0v) is 12.7. The van der Waals surface area contributed by atoms with Gasteiger partial charge in [0.15, 0.2) is 9.84 Å². The van der Waals surface area contributed by atoms with Gasteiger partial charge in [-0.05, 0) is 33.6 Å². The van der Waals surface area contributed by atoms with Gasteiger partial charge in [-0.3, -0.25) is 0 Å². The maximum atomic E-state index is 12.1. The van der Waals surface area contributed by atoms with Crippen molar-refractivity contribution < 1.29 is 8.42 Å². The van der Waals surface area contributed by atoms with Crippen molar-refractivity contribution in [3.05, 3.63) is 18.2 Å². The van der Waals surface area contributed by atoms with Crippen molar-refractivity contribution in [3.63, 3.8) is 0 Å². The SMILES string of the molecule is CC(C)(C)S(=O)(=O)CCn1ccnc1CNC1CC1. The molecule has 5 nitrogen and oxygen atoms in total. The van der Waals surface area contributed by atoms with Crippen molar-refractivity contribution >= 4 is 9.84 Å². The minimum absolute atomic E-state index is 0.156. The Morgan fingerprint density at radius 1 is 1.42 bits per heavy atom. The lowest BCUT2D eigenvalue weighted by Crippen LogP contribution is -2.32. The van der Waals surface area contributed by atoms with Crippen LogP contribution < -0.4 is 5.32 Å². The van der Waals surface area contributed by atoms with E-state index < -0.39 is 14.6 Å². The van der Waals surface area contributed by atoms with Crippen LogP contribution >= 0.6 is 0 Å². The molecule has 0 bridgehead atoms. The Balaban J connectivity index is 1.94. The van der Waals surface area contributed by atoms with E-state index in [1.807, 2.05) is 10.8 Å². The van der Waals surface area contributed by atoms with Crippen LogP contribution in [0.5, 0.6) is 0 Å². The van der Waals surface area contributed by atoms with E-state index in [4.69, 9.17) is 0 Å². The second-order valence-electron chi connectivity index (χ2n) is 6.12. The van der Waals surface area contributed by atoms with E-state index in [1.54, 1.807) is 27.0 Å². The molecule has 0 atom stereocenters. The van der Waals surface area contributed by atoms with Gasteiger partial charge in [0.2, 0.25) is 0 Å². The number of imidazole rings is 1. The predicted octanol–water partition coefficient (Wildman–Crippen LogP) is 1.35. The van der Waals surface area contributed by atoms with Gasteiger partial charge in [-0.1, -0.05) is 0 Å². The maximum Gasteiger partial charge on any atom is 0.156 e. The Labute approximate surface area is 115 Å². The van der Waals surface area contributed by atoms with E-state index in [1.165, 1.54) is 12.8 Å². The molecule has 1 fully saturated rings. The largest absolute Gasteiger partial charge is 0.333 e. The highest BCUT2D eigenvalue weighted by Crippen LogP contribution is 2.19. The van der Waals surface area contributed by atoms with Gasteiger partial charge >= 0.3 is 0 Å². The first-order chi connectivity index (χ1) is 8.79. The summed E-state index contributed by atoms with van der Waals surface area (Å²) < 4.78 is 25.4. The van der Waals surface area contributed by atoms with Gasteiger partial charge in [0.1, 0.15) is 5.82 Å². The summed E-state index contributed by atoms with van der Waals surface area (Å²) in [4.78, 5) is 4.28. The molecule has 1 heterocycles. The van der Waals surface area contributed by atoms with Crippen LogP contribution in [0.1, 0.15) is 39.4 Å². The molecule has 1 aromatic rings. The first-order valence-corrected chi connectivity index (χ1v) is 8.40. The first kappa shape index (κ1) is 14.5. The van der Waals surface area contributed by atoms with Crippen LogP contribution in [0.3, 0.4) is 0 Å². The summed E-state index contributed by atoms with van der Waals surface area (Å²) >= 11 is 0. The van der Waals surface area contributed by atoms with Gasteiger partial charge in [-0.15, -0.1) is 0 Å². The molecule has 0 radical (unpaired) electrons. The summed E-state index contributed by atoms with van der Waals surface area (Å²) in [5.74, 6) is 1.07. The summed E-state index contributed by atoms with van der Waals surface area (Å²) in [7, 11) is -3.08. The van der Waals surface area contributed by atoms with Gasteiger partial charge in [0.25, 0.3) is 0 Å². The molecule has 0 unspecified atom stereocenters. The molecule has 6 heteroatoms. The van der Waals surface area contributed by atoms with E-state index >= 15 is 0 Å². The molecular formula is C13H23N3O2S. The monoisotopic (exact) mass is 285 g/mol. The summed E-state index contributed by atoms with van der Waals surface area (Å²) in [5, 5.41) is 3.39. The van der Waals surface area contributed by atoms with Gasteiger partial charge in [-0.25, -0.2) is 13.4 Å². The topological polar surface area (TPSA) is 64.0 Å². The molecule has 1 aliphatic carbocycles. The van der Waals surface area contributed by atoms with Crippen LogP contribution in [0, 0.1) is 0 Å². The van der Waals surface area contributed by atoms with E-state index in [2.05, 4.69) is 10.3 Å². The third-order valence-corrected chi connectivity index (χ3v) is 6.05. The van der Waals surface area contributed by atoms with Gasteiger partial charge < -0.3 is 9.88 Å². The van der Waals surface area contributed by atoms with Gasteiger partial charge in [0.05, 0.1) is 17.0 Å². The lowest BCUT2D eigenvalue weighted by atomic mass is 10.3. The third kappa shape index (κ3) is 3.79. The molecule has 1 aromatic heterocycles. The standard InChI is InChI=1S/C13H23N3O2S/c1-13(2,3)19(17,18)9-8-16-7-6-14-12(16)10-15-11-4-5-11/h6-7,11,15H,4-5,8-10H2,1-3H3. The molecule has 0 aliphatic heterocycles. The predicted molar refractivity (Wildman–Crippen MR) is 75.6 cm³/mol. The summed E-state index contributed by atoms with van der Waals surface area (Å²) in [5.41, 5.74) is 0. The second kappa shape index (κ2) is 5.25. The number of nitrogens with one attached hydrogen (secondary N) is 1. The Morgan fingerprint density at radius 3 is 2.68 bits per heavy atom. The molecule has 2 rings (SSSR count). The summed E-state index contributed by atoms with van der Waals surface area (Å²) in [6, 6.07) is 0.628. The van der Waals surface area contributed by atoms with Gasteiger partial charge in [-0.2, -0.15) is 0 Å². The Hall–Kier alpha value is -0.880. The fourth-order valence-electron chi connectivity index (χ4n) is 1.76. The number of hydrogen-bond acceptors (Lipinski definition) is 4. The molecule has 1 saturated carbocycles. The van der Waals surface area contributed by atoms with Crippen LogP contribution in [0.4, 0.5) is 0 Å². The minimum Gasteiger partial charge on any atom is -0.333 e. The number of sulfone groups is 1. The van der Waals surface area contributed by atoms with Crippen molar-refractivity contribution in [1.29, 1.82) is 0 Å². The number of hydrogen-bond donors (Lipinski definition) is 1. The number of aromatic nitrogens is 2. The van der Waals surface area contributed by atoms with Crippen molar-refractivity contribution in [2.24, 2.45) is 0 Å². The molecule has 0 spiro atoms. The van der Waals surface area contributed by atoms with Crippen molar-refractivity contribution in [1.82, 2.24) is 14.9 Å². The minimum atomic E-state index is -3.08. The summed E-state index contributed by atoms with van der Waals surface area (Å²) in [6.07, 6.45) is 6.05. The van der Waals surface area contributed by atoms with Crippen LogP contribution in [-0.2, 0) is 22.9 Å². The molecule has 0 aromatic carbocycles. The van der Waals surface area contributed by atoms with Crippen molar-refractivity contribution in [3.8, 4) is 0 Å². The lowest BCUT2D eigenvalue weighted by molar-refractivity contribution is 0.549. The Bertz CT molecular complexity index is 524. The quantitative estimate of drug-likeness (QED) is 0.857. The smallest absolute Gasteiger partial charge is 0.156 e. The van der Waals surface area contributed by atoms with E-state index in [0.717, 1.165) is 5.82 Å². The zero-order valence-electron chi connectivity index (χ0n) is 11.9. The molecule has 1 N–H and O–H groups in total. The summed E-state index contributed by atoms with van der Waals surface area (Å²) in [6.45, 7) is 6.41. The fraction of sp³-hybridized carbons (Fsp3) is 0.769. The molecule has 1 aliphatic rings. The Morgan fingerprint density at radius 2 is 2.11 bits per heavy atom. The van der Waals surface area contributed by atoms with E-state index in [0.29, 0.717) is 19.1 Å².